The molecular formula is C28H40N4O6S. The molecule has 2 aromatic rings. The van der Waals surface area contributed by atoms with Crippen LogP contribution in [0, 0.1) is 5.92 Å². The summed E-state index contributed by atoms with van der Waals surface area (Å²) in [5, 5.41) is 12.7. The first-order chi connectivity index (χ1) is 18.4. The quantitative estimate of drug-likeness (QED) is 0.433. The van der Waals surface area contributed by atoms with Crippen molar-refractivity contribution in [2.75, 3.05) is 52.7 Å². The number of rotatable bonds is 11. The van der Waals surface area contributed by atoms with Gasteiger partial charge in [0.2, 0.25) is 15.9 Å². The van der Waals surface area contributed by atoms with Crippen molar-refractivity contribution in [3.63, 3.8) is 0 Å². The summed E-state index contributed by atoms with van der Waals surface area (Å²) in [7, 11) is 1.64. The Labute approximate surface area is 231 Å². The molecule has 2 aromatic carbocycles. The lowest BCUT2D eigenvalue weighted by Crippen LogP contribution is -2.50. The molecule has 39 heavy (non-hydrogen) atoms. The van der Waals surface area contributed by atoms with Crippen LogP contribution in [0.5, 0.6) is 5.75 Å². The van der Waals surface area contributed by atoms with E-state index in [-0.39, 0.29) is 47.9 Å². The van der Waals surface area contributed by atoms with Crippen LogP contribution in [-0.4, -0.2) is 99.0 Å². The Hall–Kier alpha value is -2.99. The number of nitrogens with one attached hydrogen (secondary N) is 1. The number of aliphatic hydroxyl groups excluding tert-OH is 1. The monoisotopic (exact) mass is 560 g/mol. The molecule has 0 aliphatic carbocycles. The summed E-state index contributed by atoms with van der Waals surface area (Å²) in [6, 6.07) is 12.6. The molecule has 0 fully saturated rings. The zero-order valence-electron chi connectivity index (χ0n) is 23.3. The molecule has 2 amide bonds. The number of benzene rings is 2. The highest BCUT2D eigenvalue weighted by Gasteiger charge is 2.35. The van der Waals surface area contributed by atoms with Gasteiger partial charge < -0.3 is 25.0 Å². The van der Waals surface area contributed by atoms with Crippen molar-refractivity contribution in [1.82, 2.24) is 14.1 Å². The number of amides is 2. The Morgan fingerprint density at radius 2 is 1.87 bits per heavy atom. The average molecular weight is 561 g/mol. The second kappa shape index (κ2) is 13.4. The third-order valence-electron chi connectivity index (χ3n) is 6.85. The van der Waals surface area contributed by atoms with E-state index < -0.39 is 22.2 Å². The summed E-state index contributed by atoms with van der Waals surface area (Å²) >= 11 is 0. The SMILES string of the molecule is C[C@H](CO)N1C[C@H](C)[C@H](CN(C)S(=O)(=O)c2ccccc2)Oc2ccc(NC(=O)CCCN(C)C)cc2C1=O. The molecule has 1 aliphatic rings. The van der Waals surface area contributed by atoms with Gasteiger partial charge in [0.25, 0.3) is 5.91 Å². The molecule has 0 saturated heterocycles. The molecule has 2 N–H and O–H groups in total. The minimum Gasteiger partial charge on any atom is -0.488 e. The molecule has 214 valence electrons. The fourth-order valence-corrected chi connectivity index (χ4v) is 5.63. The number of ether oxygens (including phenoxy) is 1. The van der Waals surface area contributed by atoms with Gasteiger partial charge in [-0.05, 0) is 64.3 Å². The van der Waals surface area contributed by atoms with E-state index in [0.29, 0.717) is 24.3 Å². The van der Waals surface area contributed by atoms with Crippen molar-refractivity contribution in [3.8, 4) is 5.75 Å². The van der Waals surface area contributed by atoms with Crippen LogP contribution in [0.25, 0.3) is 0 Å². The maximum absolute atomic E-state index is 13.6. The summed E-state index contributed by atoms with van der Waals surface area (Å²) in [5.74, 6) is -0.440. The van der Waals surface area contributed by atoms with Crippen LogP contribution >= 0.6 is 0 Å². The summed E-state index contributed by atoms with van der Waals surface area (Å²) < 4.78 is 33.9. The van der Waals surface area contributed by atoms with Crippen molar-refractivity contribution in [3.05, 3.63) is 54.1 Å². The van der Waals surface area contributed by atoms with Gasteiger partial charge in [-0.1, -0.05) is 25.1 Å². The number of nitrogens with zero attached hydrogens (tertiary/aromatic N) is 3. The number of sulfonamides is 1. The summed E-state index contributed by atoms with van der Waals surface area (Å²) in [5.41, 5.74) is 0.706. The molecule has 0 unspecified atom stereocenters. The number of aliphatic hydroxyl groups is 1. The predicted molar refractivity (Wildman–Crippen MR) is 150 cm³/mol. The van der Waals surface area contributed by atoms with Crippen molar-refractivity contribution in [1.29, 1.82) is 0 Å². The van der Waals surface area contributed by atoms with Crippen molar-refractivity contribution >= 4 is 27.5 Å². The van der Waals surface area contributed by atoms with Crippen LogP contribution < -0.4 is 10.1 Å². The Kier molecular flexibility index (Phi) is 10.5. The zero-order chi connectivity index (χ0) is 28.7. The topological polar surface area (TPSA) is 119 Å². The third kappa shape index (κ3) is 7.78. The highest BCUT2D eigenvalue weighted by Crippen LogP contribution is 2.31. The van der Waals surface area contributed by atoms with E-state index in [1.807, 2.05) is 25.9 Å². The molecule has 1 aliphatic heterocycles. The Bertz CT molecular complexity index is 1240. The van der Waals surface area contributed by atoms with Crippen LogP contribution in [-0.2, 0) is 14.8 Å². The molecule has 3 atom stereocenters. The smallest absolute Gasteiger partial charge is 0.258 e. The molecule has 1 heterocycles. The van der Waals surface area contributed by atoms with E-state index >= 15 is 0 Å². The maximum Gasteiger partial charge on any atom is 0.258 e. The van der Waals surface area contributed by atoms with Crippen LogP contribution in [0.4, 0.5) is 5.69 Å². The third-order valence-corrected chi connectivity index (χ3v) is 8.68. The van der Waals surface area contributed by atoms with Gasteiger partial charge in [-0.15, -0.1) is 0 Å². The first-order valence-corrected chi connectivity index (χ1v) is 14.6. The van der Waals surface area contributed by atoms with Crippen LogP contribution in [0.1, 0.15) is 37.0 Å². The summed E-state index contributed by atoms with van der Waals surface area (Å²) in [6.45, 7) is 4.51. The van der Waals surface area contributed by atoms with Crippen LogP contribution in [0.3, 0.4) is 0 Å². The summed E-state index contributed by atoms with van der Waals surface area (Å²) in [4.78, 5) is 29.8. The molecule has 0 radical (unpaired) electrons. The number of carbonyl (C=O) groups excluding carboxylic acids is 2. The Morgan fingerprint density at radius 1 is 1.18 bits per heavy atom. The van der Waals surface area contributed by atoms with Crippen molar-refractivity contribution in [2.45, 2.75) is 43.7 Å². The van der Waals surface area contributed by atoms with Gasteiger partial charge in [-0.2, -0.15) is 4.31 Å². The molecule has 10 nitrogen and oxygen atoms in total. The standard InChI is InChI=1S/C28H40N4O6S/c1-20-17-32(21(2)19-33)28(35)24-16-22(29-27(34)12-9-15-30(3)4)13-14-25(24)38-26(20)18-31(5)39(36,37)23-10-7-6-8-11-23/h6-8,10-11,13-14,16,20-21,26,33H,9,12,15,17-19H2,1-5H3,(H,29,34)/t20-,21+,26-/m0/s1. The van der Waals surface area contributed by atoms with E-state index in [0.717, 1.165) is 6.54 Å². The van der Waals surface area contributed by atoms with Gasteiger partial charge in [0.15, 0.2) is 0 Å². The van der Waals surface area contributed by atoms with Gasteiger partial charge in [-0.25, -0.2) is 8.42 Å². The Morgan fingerprint density at radius 3 is 2.51 bits per heavy atom. The van der Waals surface area contributed by atoms with Crippen molar-refractivity contribution < 1.29 is 27.9 Å². The zero-order valence-corrected chi connectivity index (χ0v) is 24.1. The molecule has 0 saturated carbocycles. The van der Waals surface area contributed by atoms with Crippen LogP contribution in [0.2, 0.25) is 0 Å². The summed E-state index contributed by atoms with van der Waals surface area (Å²) in [6.07, 6.45) is 0.460. The normalized spacial score (nSPS) is 18.8. The van der Waals surface area contributed by atoms with Crippen molar-refractivity contribution in [2.24, 2.45) is 5.92 Å². The van der Waals surface area contributed by atoms with Gasteiger partial charge in [-0.3, -0.25) is 9.59 Å². The first-order valence-electron chi connectivity index (χ1n) is 13.1. The molecule has 0 aromatic heterocycles. The van der Waals surface area contributed by atoms with E-state index in [9.17, 15) is 23.1 Å². The van der Waals surface area contributed by atoms with E-state index in [1.54, 1.807) is 60.4 Å². The average Bonchev–Trinajstić information content (AvgIpc) is 2.90. The van der Waals surface area contributed by atoms with Gasteiger partial charge in [0.05, 0.1) is 29.7 Å². The lowest BCUT2D eigenvalue weighted by molar-refractivity contribution is -0.116. The second-order valence-electron chi connectivity index (χ2n) is 10.4. The predicted octanol–water partition coefficient (Wildman–Crippen LogP) is 2.51. The van der Waals surface area contributed by atoms with Gasteiger partial charge in [0.1, 0.15) is 11.9 Å². The van der Waals surface area contributed by atoms with E-state index in [2.05, 4.69) is 5.32 Å². The van der Waals surface area contributed by atoms with Crippen LogP contribution in [0.15, 0.2) is 53.4 Å². The number of anilines is 1. The van der Waals surface area contributed by atoms with Gasteiger partial charge >= 0.3 is 0 Å². The molecule has 0 spiro atoms. The highest BCUT2D eigenvalue weighted by atomic mass is 32.2. The number of hydrogen-bond donors (Lipinski definition) is 2. The fourth-order valence-electron chi connectivity index (χ4n) is 4.42. The molecule has 0 bridgehead atoms. The largest absolute Gasteiger partial charge is 0.488 e. The molecule has 11 heteroatoms. The highest BCUT2D eigenvalue weighted by molar-refractivity contribution is 7.89. The lowest BCUT2D eigenvalue weighted by Gasteiger charge is -2.38. The fraction of sp³-hybridized carbons (Fsp3) is 0.500. The number of fused-ring (bicyclic) bond motifs is 1. The van der Waals surface area contributed by atoms with Gasteiger partial charge in [0, 0.05) is 31.6 Å². The minimum absolute atomic E-state index is 0.0533. The lowest BCUT2D eigenvalue weighted by atomic mass is 9.99. The number of likely N-dealkylation sites (N-methyl/N-ethyl adjacent to an activating group) is 1. The number of carbonyl (C=O) groups is 2. The minimum atomic E-state index is -3.76. The maximum atomic E-state index is 13.6. The second-order valence-corrected chi connectivity index (χ2v) is 12.4. The molecule has 3 rings (SSSR count). The molecular weight excluding hydrogens is 520 g/mol. The van der Waals surface area contributed by atoms with E-state index in [1.165, 1.54) is 11.4 Å². The first kappa shape index (κ1) is 30.6. The van der Waals surface area contributed by atoms with E-state index in [4.69, 9.17) is 4.74 Å². The number of hydrogen-bond acceptors (Lipinski definition) is 7. The Balaban J connectivity index is 1.89.